The minimum Gasteiger partial charge on any atom is -0.387 e. The zero-order valence-electron chi connectivity index (χ0n) is 11.8. The average molecular weight is 239 g/mol. The Kier molecular flexibility index (Phi) is 5.44. The van der Waals surface area contributed by atoms with Crippen molar-refractivity contribution in [3.05, 3.63) is 0 Å². The van der Waals surface area contributed by atoms with Crippen LogP contribution in [0.5, 0.6) is 0 Å². The Morgan fingerprint density at radius 1 is 1.35 bits per heavy atom. The summed E-state index contributed by atoms with van der Waals surface area (Å²) in [5, 5.41) is 7.58. The molecular formula is C14H29N3. The number of nitrogens with two attached hydrogens (primary N) is 1. The molecule has 1 saturated heterocycles. The predicted molar refractivity (Wildman–Crippen MR) is 74.4 cm³/mol. The molecule has 1 unspecified atom stereocenters. The van der Waals surface area contributed by atoms with Gasteiger partial charge in [-0.15, -0.1) is 0 Å². The minimum absolute atomic E-state index is 0.142. The van der Waals surface area contributed by atoms with Gasteiger partial charge < -0.3 is 10.6 Å². The zero-order chi connectivity index (χ0) is 12.9. The van der Waals surface area contributed by atoms with Crippen LogP contribution in [0.15, 0.2) is 0 Å². The molecule has 1 rings (SSSR count). The molecule has 17 heavy (non-hydrogen) atoms. The fourth-order valence-corrected chi connectivity index (χ4v) is 2.43. The van der Waals surface area contributed by atoms with Gasteiger partial charge in [-0.1, -0.05) is 27.2 Å². The Labute approximate surface area is 106 Å². The lowest BCUT2D eigenvalue weighted by atomic mass is 9.88. The van der Waals surface area contributed by atoms with Gasteiger partial charge in [0, 0.05) is 5.41 Å². The van der Waals surface area contributed by atoms with Crippen LogP contribution in [0.3, 0.4) is 0 Å². The van der Waals surface area contributed by atoms with E-state index in [-0.39, 0.29) is 5.41 Å². The van der Waals surface area contributed by atoms with Crippen molar-refractivity contribution in [3.8, 4) is 0 Å². The summed E-state index contributed by atoms with van der Waals surface area (Å²) in [5.41, 5.74) is 5.48. The molecule has 0 bridgehead atoms. The van der Waals surface area contributed by atoms with Crippen molar-refractivity contribution in [2.75, 3.05) is 19.6 Å². The standard InChI is InChI=1S/C14H29N3/c1-4-12-6-5-9-17(10-7-12)11-8-14(2,3)13(15)16/h12H,4-11H2,1-3H3,(H3,15,16). The molecule has 1 heterocycles. The minimum atomic E-state index is -0.142. The summed E-state index contributed by atoms with van der Waals surface area (Å²) in [5.74, 6) is 1.25. The second-order valence-corrected chi connectivity index (χ2v) is 6.09. The molecule has 0 aliphatic carbocycles. The van der Waals surface area contributed by atoms with E-state index in [4.69, 9.17) is 11.1 Å². The van der Waals surface area contributed by atoms with Gasteiger partial charge >= 0.3 is 0 Å². The van der Waals surface area contributed by atoms with Gasteiger partial charge in [0.1, 0.15) is 0 Å². The molecule has 1 aliphatic heterocycles. The Bertz CT molecular complexity index is 248. The van der Waals surface area contributed by atoms with Gasteiger partial charge in [-0.05, 0) is 51.2 Å². The third-order valence-corrected chi connectivity index (χ3v) is 4.30. The molecule has 0 amide bonds. The van der Waals surface area contributed by atoms with Crippen molar-refractivity contribution in [3.63, 3.8) is 0 Å². The number of rotatable bonds is 5. The van der Waals surface area contributed by atoms with Gasteiger partial charge in [-0.25, -0.2) is 0 Å². The Balaban J connectivity index is 2.35. The molecule has 100 valence electrons. The maximum Gasteiger partial charge on any atom is 0.0963 e. The lowest BCUT2D eigenvalue weighted by molar-refractivity contribution is 0.250. The van der Waals surface area contributed by atoms with Crippen molar-refractivity contribution in [1.29, 1.82) is 5.41 Å². The largest absolute Gasteiger partial charge is 0.387 e. The fourth-order valence-electron chi connectivity index (χ4n) is 2.43. The van der Waals surface area contributed by atoms with E-state index in [0.29, 0.717) is 5.84 Å². The number of hydrogen-bond acceptors (Lipinski definition) is 2. The number of likely N-dealkylation sites (tertiary alicyclic amines) is 1. The highest BCUT2D eigenvalue weighted by Crippen LogP contribution is 2.23. The average Bonchev–Trinajstić information content (AvgIpc) is 2.51. The number of nitrogens with one attached hydrogen (secondary N) is 1. The van der Waals surface area contributed by atoms with Crippen molar-refractivity contribution < 1.29 is 0 Å². The SMILES string of the molecule is CCC1CCCN(CCC(C)(C)C(=N)N)CC1. The van der Waals surface area contributed by atoms with Crippen LogP contribution >= 0.6 is 0 Å². The van der Waals surface area contributed by atoms with Crippen molar-refractivity contribution >= 4 is 5.84 Å². The molecule has 3 heteroatoms. The van der Waals surface area contributed by atoms with Crippen LogP contribution in [-0.4, -0.2) is 30.4 Å². The molecule has 1 fully saturated rings. The summed E-state index contributed by atoms with van der Waals surface area (Å²) in [6, 6.07) is 0. The summed E-state index contributed by atoms with van der Waals surface area (Å²) >= 11 is 0. The summed E-state index contributed by atoms with van der Waals surface area (Å²) in [6.07, 6.45) is 6.39. The molecule has 1 aliphatic rings. The van der Waals surface area contributed by atoms with Crippen LogP contribution in [-0.2, 0) is 0 Å². The summed E-state index contributed by atoms with van der Waals surface area (Å²) in [6.45, 7) is 9.99. The van der Waals surface area contributed by atoms with Crippen LogP contribution in [0.1, 0.15) is 52.9 Å². The van der Waals surface area contributed by atoms with E-state index in [1.165, 1.54) is 38.8 Å². The van der Waals surface area contributed by atoms with Crippen LogP contribution in [0.2, 0.25) is 0 Å². The van der Waals surface area contributed by atoms with E-state index in [9.17, 15) is 0 Å². The van der Waals surface area contributed by atoms with Crippen LogP contribution in [0, 0.1) is 16.7 Å². The van der Waals surface area contributed by atoms with Gasteiger partial charge in [0.25, 0.3) is 0 Å². The Morgan fingerprint density at radius 2 is 2.06 bits per heavy atom. The van der Waals surface area contributed by atoms with Crippen LogP contribution < -0.4 is 5.73 Å². The molecule has 0 saturated carbocycles. The third kappa shape index (κ3) is 4.66. The van der Waals surface area contributed by atoms with Crippen LogP contribution in [0.25, 0.3) is 0 Å². The summed E-state index contributed by atoms with van der Waals surface area (Å²) < 4.78 is 0. The van der Waals surface area contributed by atoms with Gasteiger partial charge in [-0.2, -0.15) is 0 Å². The summed E-state index contributed by atoms with van der Waals surface area (Å²) in [7, 11) is 0. The topological polar surface area (TPSA) is 53.1 Å². The lowest BCUT2D eigenvalue weighted by Gasteiger charge is -2.27. The molecule has 0 radical (unpaired) electrons. The lowest BCUT2D eigenvalue weighted by Crippen LogP contribution is -2.36. The summed E-state index contributed by atoms with van der Waals surface area (Å²) in [4.78, 5) is 2.56. The first-order chi connectivity index (χ1) is 7.95. The maximum absolute atomic E-state index is 7.58. The second kappa shape index (κ2) is 6.39. The molecule has 0 aromatic heterocycles. The van der Waals surface area contributed by atoms with Crippen LogP contribution in [0.4, 0.5) is 0 Å². The van der Waals surface area contributed by atoms with E-state index < -0.39 is 0 Å². The van der Waals surface area contributed by atoms with Gasteiger partial charge in [0.2, 0.25) is 0 Å². The molecule has 3 N–H and O–H groups in total. The first kappa shape index (κ1) is 14.5. The highest BCUT2D eigenvalue weighted by molar-refractivity contribution is 5.82. The van der Waals surface area contributed by atoms with E-state index in [1.54, 1.807) is 0 Å². The van der Waals surface area contributed by atoms with E-state index in [1.807, 2.05) is 0 Å². The number of amidine groups is 1. The highest BCUT2D eigenvalue weighted by Gasteiger charge is 2.23. The number of hydrogen-bond donors (Lipinski definition) is 2. The van der Waals surface area contributed by atoms with Crippen molar-refractivity contribution in [2.45, 2.75) is 52.9 Å². The molecule has 3 nitrogen and oxygen atoms in total. The van der Waals surface area contributed by atoms with Gasteiger partial charge in [0.15, 0.2) is 0 Å². The molecule has 0 aromatic rings. The predicted octanol–water partition coefficient (Wildman–Crippen LogP) is 2.85. The van der Waals surface area contributed by atoms with E-state index >= 15 is 0 Å². The van der Waals surface area contributed by atoms with Crippen molar-refractivity contribution in [2.24, 2.45) is 17.1 Å². The zero-order valence-corrected chi connectivity index (χ0v) is 11.8. The van der Waals surface area contributed by atoms with Gasteiger partial charge in [-0.3, -0.25) is 5.41 Å². The molecular weight excluding hydrogens is 210 g/mol. The normalized spacial score (nSPS) is 23.4. The van der Waals surface area contributed by atoms with Gasteiger partial charge in [0.05, 0.1) is 5.84 Å². The smallest absolute Gasteiger partial charge is 0.0963 e. The third-order valence-electron chi connectivity index (χ3n) is 4.30. The van der Waals surface area contributed by atoms with E-state index in [2.05, 4.69) is 25.7 Å². The molecule has 0 aromatic carbocycles. The fraction of sp³-hybridized carbons (Fsp3) is 0.929. The van der Waals surface area contributed by atoms with Crippen molar-refractivity contribution in [1.82, 2.24) is 4.90 Å². The quantitative estimate of drug-likeness (QED) is 0.572. The second-order valence-electron chi connectivity index (χ2n) is 6.09. The molecule has 0 spiro atoms. The first-order valence-electron chi connectivity index (χ1n) is 7.02. The Morgan fingerprint density at radius 3 is 2.65 bits per heavy atom. The maximum atomic E-state index is 7.58. The number of nitrogens with zero attached hydrogens (tertiary/aromatic N) is 1. The Hall–Kier alpha value is -0.570. The first-order valence-corrected chi connectivity index (χ1v) is 7.02. The highest BCUT2D eigenvalue weighted by atomic mass is 15.1. The molecule has 1 atom stereocenters. The van der Waals surface area contributed by atoms with E-state index in [0.717, 1.165) is 18.9 Å². The monoisotopic (exact) mass is 239 g/mol.